The summed E-state index contributed by atoms with van der Waals surface area (Å²) < 4.78 is 4.97. The molecule has 2 rings (SSSR count). The van der Waals surface area contributed by atoms with Crippen molar-refractivity contribution in [1.82, 2.24) is 20.2 Å². The second-order valence-electron chi connectivity index (χ2n) is 4.99. The molecule has 0 bridgehead atoms. The summed E-state index contributed by atoms with van der Waals surface area (Å²) in [4.78, 5) is 22.4. The first-order chi connectivity index (χ1) is 9.74. The van der Waals surface area contributed by atoms with Crippen molar-refractivity contribution in [3.8, 4) is 5.75 Å². The molecule has 6 heteroatoms. The van der Waals surface area contributed by atoms with Gasteiger partial charge in [0.25, 0.3) is 5.91 Å². The topological polar surface area (TPSA) is 67.4 Å². The van der Waals surface area contributed by atoms with E-state index in [-0.39, 0.29) is 11.7 Å². The molecule has 1 aromatic rings. The SMILES string of the molecule is CCCN1CCC[C@H]1CNC(=O)c1ncc(OC)cn1. The molecule has 2 heterocycles. The molecule has 0 aromatic carbocycles. The number of carbonyl (C=O) groups excluding carboxylic acids is 1. The summed E-state index contributed by atoms with van der Waals surface area (Å²) in [6, 6.07) is 0.442. The molecule has 20 heavy (non-hydrogen) atoms. The number of ether oxygens (including phenoxy) is 1. The Morgan fingerprint density at radius 2 is 2.25 bits per heavy atom. The standard InChI is InChI=1S/C14H22N4O2/c1-3-6-18-7-4-5-11(18)8-17-14(19)13-15-9-12(20-2)10-16-13/h9-11H,3-8H2,1-2H3,(H,17,19)/t11-/m0/s1. The van der Waals surface area contributed by atoms with E-state index in [1.807, 2.05) is 0 Å². The number of amides is 1. The summed E-state index contributed by atoms with van der Waals surface area (Å²) in [6.07, 6.45) is 6.50. The predicted octanol–water partition coefficient (Wildman–Crippen LogP) is 1.09. The third kappa shape index (κ3) is 3.66. The summed E-state index contributed by atoms with van der Waals surface area (Å²) in [5.41, 5.74) is 0. The van der Waals surface area contributed by atoms with Gasteiger partial charge in [0.2, 0.25) is 5.82 Å². The summed E-state index contributed by atoms with van der Waals surface area (Å²) in [5, 5.41) is 2.92. The number of rotatable bonds is 6. The Morgan fingerprint density at radius 3 is 2.90 bits per heavy atom. The highest BCUT2D eigenvalue weighted by Gasteiger charge is 2.24. The van der Waals surface area contributed by atoms with E-state index in [9.17, 15) is 4.79 Å². The molecule has 110 valence electrons. The molecule has 0 unspecified atom stereocenters. The molecule has 0 saturated carbocycles. The van der Waals surface area contributed by atoms with Crippen molar-refractivity contribution in [3.63, 3.8) is 0 Å². The van der Waals surface area contributed by atoms with Gasteiger partial charge >= 0.3 is 0 Å². The number of nitrogens with zero attached hydrogens (tertiary/aromatic N) is 3. The van der Waals surface area contributed by atoms with E-state index in [0.717, 1.165) is 25.9 Å². The van der Waals surface area contributed by atoms with Gasteiger partial charge in [-0.1, -0.05) is 6.92 Å². The van der Waals surface area contributed by atoms with Crippen LogP contribution in [0.1, 0.15) is 36.8 Å². The van der Waals surface area contributed by atoms with E-state index in [1.165, 1.54) is 18.8 Å². The molecule has 1 aliphatic heterocycles. The summed E-state index contributed by atoms with van der Waals surface area (Å²) in [6.45, 7) is 5.07. The van der Waals surface area contributed by atoms with Crippen LogP contribution in [-0.4, -0.2) is 53.6 Å². The van der Waals surface area contributed by atoms with Gasteiger partial charge in [0.05, 0.1) is 19.5 Å². The van der Waals surface area contributed by atoms with Crippen LogP contribution in [0.5, 0.6) is 5.75 Å². The van der Waals surface area contributed by atoms with E-state index in [4.69, 9.17) is 4.74 Å². The summed E-state index contributed by atoms with van der Waals surface area (Å²) in [7, 11) is 1.54. The van der Waals surface area contributed by atoms with Crippen LogP contribution in [0.15, 0.2) is 12.4 Å². The lowest BCUT2D eigenvalue weighted by molar-refractivity contribution is 0.0930. The zero-order chi connectivity index (χ0) is 14.4. The van der Waals surface area contributed by atoms with Crippen molar-refractivity contribution < 1.29 is 9.53 Å². The fourth-order valence-electron chi connectivity index (χ4n) is 2.54. The van der Waals surface area contributed by atoms with Crippen LogP contribution in [0.3, 0.4) is 0 Å². The molecular weight excluding hydrogens is 256 g/mol. The molecule has 1 atom stereocenters. The maximum atomic E-state index is 12.0. The van der Waals surface area contributed by atoms with Gasteiger partial charge < -0.3 is 10.1 Å². The van der Waals surface area contributed by atoms with Gasteiger partial charge in [-0.25, -0.2) is 9.97 Å². The average Bonchev–Trinajstić information content (AvgIpc) is 2.92. The summed E-state index contributed by atoms with van der Waals surface area (Å²) >= 11 is 0. The fraction of sp³-hybridized carbons (Fsp3) is 0.643. The lowest BCUT2D eigenvalue weighted by Crippen LogP contribution is -2.40. The molecule has 6 nitrogen and oxygen atoms in total. The van der Waals surface area contributed by atoms with E-state index in [2.05, 4.69) is 27.1 Å². The molecular formula is C14H22N4O2. The second kappa shape index (κ2) is 7.19. The highest BCUT2D eigenvalue weighted by atomic mass is 16.5. The summed E-state index contributed by atoms with van der Waals surface area (Å²) in [5.74, 6) is 0.508. The number of methoxy groups -OCH3 is 1. The first-order valence-corrected chi connectivity index (χ1v) is 7.13. The van der Waals surface area contributed by atoms with Crippen LogP contribution < -0.4 is 10.1 Å². The molecule has 0 radical (unpaired) electrons. The number of carbonyl (C=O) groups is 1. The molecule has 1 aromatic heterocycles. The van der Waals surface area contributed by atoms with Crippen LogP contribution in [0, 0.1) is 0 Å². The minimum atomic E-state index is -0.226. The zero-order valence-electron chi connectivity index (χ0n) is 12.1. The number of aromatic nitrogens is 2. The van der Waals surface area contributed by atoms with Gasteiger partial charge in [-0.15, -0.1) is 0 Å². The zero-order valence-corrected chi connectivity index (χ0v) is 12.1. The van der Waals surface area contributed by atoms with E-state index < -0.39 is 0 Å². The normalized spacial score (nSPS) is 19.0. The predicted molar refractivity (Wildman–Crippen MR) is 75.8 cm³/mol. The highest BCUT2D eigenvalue weighted by Crippen LogP contribution is 2.16. The van der Waals surface area contributed by atoms with Crippen molar-refractivity contribution in [1.29, 1.82) is 0 Å². The molecule has 1 N–H and O–H groups in total. The Morgan fingerprint density at radius 1 is 1.50 bits per heavy atom. The van der Waals surface area contributed by atoms with Gasteiger partial charge in [0.15, 0.2) is 5.75 Å². The number of hydrogen-bond acceptors (Lipinski definition) is 5. The van der Waals surface area contributed by atoms with Gasteiger partial charge in [-0.05, 0) is 32.4 Å². The van der Waals surface area contributed by atoms with Crippen LogP contribution in [0.4, 0.5) is 0 Å². The smallest absolute Gasteiger partial charge is 0.289 e. The van der Waals surface area contributed by atoms with Crippen LogP contribution in [0.25, 0.3) is 0 Å². The Hall–Kier alpha value is -1.69. The Balaban J connectivity index is 1.84. The molecule has 1 saturated heterocycles. The van der Waals surface area contributed by atoms with E-state index in [0.29, 0.717) is 18.3 Å². The van der Waals surface area contributed by atoms with Crippen LogP contribution in [-0.2, 0) is 0 Å². The Labute approximate surface area is 119 Å². The van der Waals surface area contributed by atoms with Gasteiger partial charge in [0, 0.05) is 12.6 Å². The molecule has 1 fully saturated rings. The fourth-order valence-corrected chi connectivity index (χ4v) is 2.54. The van der Waals surface area contributed by atoms with Crippen molar-refractivity contribution in [2.75, 3.05) is 26.7 Å². The third-order valence-corrected chi connectivity index (χ3v) is 3.58. The lowest BCUT2D eigenvalue weighted by atomic mass is 10.2. The number of hydrogen-bond donors (Lipinski definition) is 1. The highest BCUT2D eigenvalue weighted by molar-refractivity contribution is 5.90. The van der Waals surface area contributed by atoms with Crippen molar-refractivity contribution in [2.24, 2.45) is 0 Å². The molecule has 1 aliphatic rings. The first kappa shape index (κ1) is 14.7. The third-order valence-electron chi connectivity index (χ3n) is 3.58. The van der Waals surface area contributed by atoms with Gasteiger partial charge in [-0.3, -0.25) is 9.69 Å². The van der Waals surface area contributed by atoms with E-state index >= 15 is 0 Å². The number of nitrogens with one attached hydrogen (secondary N) is 1. The van der Waals surface area contributed by atoms with Crippen LogP contribution in [0.2, 0.25) is 0 Å². The number of likely N-dealkylation sites (tertiary alicyclic amines) is 1. The van der Waals surface area contributed by atoms with Crippen molar-refractivity contribution >= 4 is 5.91 Å². The second-order valence-corrected chi connectivity index (χ2v) is 4.99. The average molecular weight is 278 g/mol. The molecule has 1 amide bonds. The maximum Gasteiger partial charge on any atom is 0.289 e. The van der Waals surface area contributed by atoms with Crippen LogP contribution >= 0.6 is 0 Å². The largest absolute Gasteiger partial charge is 0.494 e. The molecule has 0 aliphatic carbocycles. The minimum Gasteiger partial charge on any atom is -0.494 e. The van der Waals surface area contributed by atoms with Crippen molar-refractivity contribution in [2.45, 2.75) is 32.2 Å². The quantitative estimate of drug-likeness (QED) is 0.843. The van der Waals surface area contributed by atoms with Gasteiger partial charge in [0.1, 0.15) is 0 Å². The monoisotopic (exact) mass is 278 g/mol. The molecule has 0 spiro atoms. The Kier molecular flexibility index (Phi) is 5.29. The van der Waals surface area contributed by atoms with Crippen molar-refractivity contribution in [3.05, 3.63) is 18.2 Å². The van der Waals surface area contributed by atoms with E-state index in [1.54, 1.807) is 7.11 Å². The Bertz CT molecular complexity index is 435. The first-order valence-electron chi connectivity index (χ1n) is 7.13. The maximum absolute atomic E-state index is 12.0. The minimum absolute atomic E-state index is 0.186. The lowest BCUT2D eigenvalue weighted by Gasteiger charge is -2.23. The van der Waals surface area contributed by atoms with Gasteiger partial charge in [-0.2, -0.15) is 0 Å².